The minimum atomic E-state index is -3.34. The van der Waals surface area contributed by atoms with Gasteiger partial charge in [-0.1, -0.05) is 0 Å². The van der Waals surface area contributed by atoms with Crippen LogP contribution in [0.2, 0.25) is 0 Å². The van der Waals surface area contributed by atoms with Crippen LogP contribution in [-0.4, -0.2) is 43.6 Å². The molecule has 3 atom stereocenters. The number of sulfone groups is 1. The number of fused-ring (bicyclic) bond motifs is 2. The van der Waals surface area contributed by atoms with Crippen molar-refractivity contribution in [2.24, 2.45) is 0 Å². The number of carbonyl (C=O) groups is 1. The molecule has 2 saturated heterocycles. The second-order valence-corrected chi connectivity index (χ2v) is 10.2. The van der Waals surface area contributed by atoms with E-state index in [1.807, 2.05) is 5.38 Å². The Morgan fingerprint density at radius 2 is 1.77 bits per heavy atom. The van der Waals surface area contributed by atoms with Crippen molar-refractivity contribution in [2.75, 3.05) is 12.4 Å². The zero-order valence-corrected chi connectivity index (χ0v) is 16.2. The molecule has 1 N–H and O–H groups in total. The van der Waals surface area contributed by atoms with Crippen molar-refractivity contribution in [3.63, 3.8) is 0 Å². The van der Waals surface area contributed by atoms with E-state index in [-0.39, 0.29) is 11.2 Å². The molecule has 1 aromatic carbocycles. The van der Waals surface area contributed by atoms with Crippen LogP contribution in [0.3, 0.4) is 0 Å². The fourth-order valence-corrected chi connectivity index (χ4v) is 6.62. The molecule has 1 amide bonds. The summed E-state index contributed by atoms with van der Waals surface area (Å²) < 4.78 is 26.1. The van der Waals surface area contributed by atoms with Gasteiger partial charge in [-0.25, -0.2) is 8.42 Å². The van der Waals surface area contributed by atoms with Gasteiger partial charge in [-0.2, -0.15) is 11.3 Å². The largest absolute Gasteiger partial charge is 0.322 e. The van der Waals surface area contributed by atoms with E-state index in [2.05, 4.69) is 17.3 Å². The smallest absolute Gasteiger partial charge is 0.256 e. The van der Waals surface area contributed by atoms with Crippen molar-refractivity contribution in [1.29, 1.82) is 0 Å². The Labute approximate surface area is 157 Å². The molecule has 0 saturated carbocycles. The van der Waals surface area contributed by atoms with E-state index >= 15 is 0 Å². The molecule has 2 aromatic rings. The van der Waals surface area contributed by atoms with Crippen LogP contribution >= 0.6 is 11.3 Å². The van der Waals surface area contributed by atoms with Gasteiger partial charge in [0, 0.05) is 23.2 Å². The summed E-state index contributed by atoms with van der Waals surface area (Å²) in [6.45, 7) is 0. The molecular formula is C19H22N2O3S2. The Kier molecular flexibility index (Phi) is 4.62. The molecule has 0 spiro atoms. The highest BCUT2D eigenvalue weighted by Crippen LogP contribution is 2.38. The molecule has 26 heavy (non-hydrogen) atoms. The number of nitrogens with one attached hydrogen (secondary N) is 1. The summed E-state index contributed by atoms with van der Waals surface area (Å²) in [6.07, 6.45) is 3.62. The number of carbonyl (C=O) groups excluding carboxylic acids is 1. The molecule has 3 heterocycles. The van der Waals surface area contributed by atoms with Gasteiger partial charge in [0.2, 0.25) is 0 Å². The summed E-state index contributed by atoms with van der Waals surface area (Å²) in [5.74, 6) is -0.186. The van der Waals surface area contributed by atoms with E-state index in [9.17, 15) is 13.2 Å². The van der Waals surface area contributed by atoms with E-state index in [0.717, 1.165) is 12.8 Å². The highest BCUT2D eigenvalue weighted by Gasteiger charge is 2.43. The van der Waals surface area contributed by atoms with Crippen molar-refractivity contribution in [3.05, 3.63) is 46.7 Å². The lowest BCUT2D eigenvalue weighted by Gasteiger charge is -2.35. The van der Waals surface area contributed by atoms with Crippen LogP contribution in [0.5, 0.6) is 0 Å². The van der Waals surface area contributed by atoms with Crippen LogP contribution in [0.15, 0.2) is 46.0 Å². The number of anilines is 1. The molecule has 2 aliphatic rings. The molecule has 2 bridgehead atoms. The lowest BCUT2D eigenvalue weighted by molar-refractivity contribution is 0.102. The first kappa shape index (κ1) is 17.7. The number of thiophene rings is 1. The van der Waals surface area contributed by atoms with Crippen LogP contribution in [0.25, 0.3) is 0 Å². The topological polar surface area (TPSA) is 66.5 Å². The van der Waals surface area contributed by atoms with E-state index in [1.54, 1.807) is 35.7 Å². The molecule has 5 nitrogen and oxygen atoms in total. The number of piperidine rings is 1. The average Bonchev–Trinajstić information content (AvgIpc) is 3.21. The molecule has 4 rings (SSSR count). The molecule has 1 aromatic heterocycles. The van der Waals surface area contributed by atoms with Crippen LogP contribution in [-0.2, 0) is 9.84 Å². The van der Waals surface area contributed by atoms with E-state index in [0.29, 0.717) is 41.1 Å². The van der Waals surface area contributed by atoms with Crippen molar-refractivity contribution in [3.8, 4) is 0 Å². The zero-order valence-electron chi connectivity index (χ0n) is 14.6. The van der Waals surface area contributed by atoms with E-state index in [1.165, 1.54) is 11.3 Å². The quantitative estimate of drug-likeness (QED) is 0.869. The number of benzene rings is 1. The maximum Gasteiger partial charge on any atom is 0.256 e. The summed E-state index contributed by atoms with van der Waals surface area (Å²) >= 11 is 1.46. The van der Waals surface area contributed by atoms with Crippen LogP contribution < -0.4 is 5.32 Å². The Balaban J connectivity index is 1.48. The van der Waals surface area contributed by atoms with Crippen molar-refractivity contribution < 1.29 is 13.2 Å². The summed E-state index contributed by atoms with van der Waals surface area (Å²) in [4.78, 5) is 14.8. The predicted octanol–water partition coefficient (Wildman–Crippen LogP) is 3.40. The molecular weight excluding hydrogens is 368 g/mol. The number of rotatable bonds is 4. The van der Waals surface area contributed by atoms with Crippen LogP contribution in [0.4, 0.5) is 5.69 Å². The normalized spacial score (nSPS) is 26.0. The number of hydrogen-bond acceptors (Lipinski definition) is 5. The highest BCUT2D eigenvalue weighted by atomic mass is 32.2. The molecule has 138 valence electrons. The maximum absolute atomic E-state index is 13.0. The standard InChI is InChI=1S/C19H22N2O3S2/c1-21-15-4-5-16(21)11-18(10-15)26(23,24)17-6-2-14(3-7-17)20-19(22)13-8-9-25-12-13/h2-3,6-9,12,15-16,18H,4-5,10-11H2,1H3,(H,20,22)/t15-,16+,18?. The molecule has 1 unspecified atom stereocenters. The zero-order chi connectivity index (χ0) is 18.3. The van der Waals surface area contributed by atoms with Gasteiger partial charge in [-0.15, -0.1) is 0 Å². The molecule has 2 aliphatic heterocycles. The molecule has 7 heteroatoms. The first-order valence-corrected chi connectivity index (χ1v) is 11.3. The van der Waals surface area contributed by atoms with Gasteiger partial charge in [-0.3, -0.25) is 4.79 Å². The summed E-state index contributed by atoms with van der Waals surface area (Å²) in [5.41, 5.74) is 1.21. The third-order valence-corrected chi connectivity index (χ3v) is 8.59. The second-order valence-electron chi connectivity index (χ2n) is 7.18. The Morgan fingerprint density at radius 3 is 2.35 bits per heavy atom. The van der Waals surface area contributed by atoms with Gasteiger partial charge in [0.05, 0.1) is 15.7 Å². The lowest BCUT2D eigenvalue weighted by atomic mass is 10.0. The lowest BCUT2D eigenvalue weighted by Crippen LogP contribution is -2.44. The highest BCUT2D eigenvalue weighted by molar-refractivity contribution is 7.92. The summed E-state index contributed by atoms with van der Waals surface area (Å²) in [7, 11) is -1.23. The van der Waals surface area contributed by atoms with Crippen molar-refractivity contribution in [2.45, 2.75) is 47.9 Å². The Hall–Kier alpha value is -1.70. The van der Waals surface area contributed by atoms with E-state index < -0.39 is 9.84 Å². The summed E-state index contributed by atoms with van der Waals surface area (Å²) in [6, 6.07) is 9.09. The SMILES string of the molecule is CN1[C@@H]2CC[C@H]1CC(S(=O)(=O)c1ccc(NC(=O)c3ccsc3)cc1)C2. The van der Waals surface area contributed by atoms with E-state index in [4.69, 9.17) is 0 Å². The van der Waals surface area contributed by atoms with Gasteiger partial charge >= 0.3 is 0 Å². The molecule has 0 radical (unpaired) electrons. The monoisotopic (exact) mass is 390 g/mol. The Bertz CT molecular complexity index is 877. The molecule has 0 aliphatic carbocycles. The minimum absolute atomic E-state index is 0.186. The van der Waals surface area contributed by atoms with Crippen molar-refractivity contribution >= 4 is 32.8 Å². The fourth-order valence-electron chi connectivity index (χ4n) is 4.13. The van der Waals surface area contributed by atoms with Gasteiger partial charge in [0.15, 0.2) is 9.84 Å². The number of nitrogens with zero attached hydrogens (tertiary/aromatic N) is 1. The predicted molar refractivity (Wildman–Crippen MR) is 103 cm³/mol. The third kappa shape index (κ3) is 3.19. The van der Waals surface area contributed by atoms with Crippen molar-refractivity contribution in [1.82, 2.24) is 4.90 Å². The fraction of sp³-hybridized carbons (Fsp3) is 0.421. The number of hydrogen-bond donors (Lipinski definition) is 1. The average molecular weight is 391 g/mol. The number of amides is 1. The minimum Gasteiger partial charge on any atom is -0.322 e. The van der Waals surface area contributed by atoms with Crippen LogP contribution in [0, 0.1) is 0 Å². The van der Waals surface area contributed by atoms with Gasteiger partial charge in [0.1, 0.15) is 0 Å². The first-order valence-electron chi connectivity index (χ1n) is 8.84. The second kappa shape index (κ2) is 6.79. The van der Waals surface area contributed by atoms with Crippen LogP contribution in [0.1, 0.15) is 36.0 Å². The van der Waals surface area contributed by atoms with Gasteiger partial charge in [0.25, 0.3) is 5.91 Å². The van der Waals surface area contributed by atoms with Gasteiger partial charge in [-0.05, 0) is 68.4 Å². The van der Waals surface area contributed by atoms with Gasteiger partial charge < -0.3 is 10.2 Å². The maximum atomic E-state index is 13.0. The first-order chi connectivity index (χ1) is 12.4. The molecule has 2 fully saturated rings. The summed E-state index contributed by atoms with van der Waals surface area (Å²) in [5, 5.41) is 6.12. The third-order valence-electron chi connectivity index (χ3n) is 5.72. The Morgan fingerprint density at radius 1 is 1.12 bits per heavy atom.